The van der Waals surface area contributed by atoms with Crippen molar-refractivity contribution in [1.29, 1.82) is 0 Å². The minimum absolute atomic E-state index is 0. The average Bonchev–Trinajstić information content (AvgIpc) is 2.70. The molecule has 2 aromatic carbocycles. The smallest absolute Gasteiger partial charge is 0.269 e. The van der Waals surface area contributed by atoms with Crippen LogP contribution in [0.3, 0.4) is 0 Å². The standard InChI is InChI=1S/C20H23FN4O3.HI/c1-4-11-22-20(23-13-15-5-8-17(9-6-15)25(26)27)24-14(2)16-7-10-19(28-3)18(21)12-16;/h4-10,12,14H,1,11,13H2,2-3H3,(H2,22,23,24);1H. The Labute approximate surface area is 186 Å². The SMILES string of the molecule is C=CCNC(=NCc1ccc([N+](=O)[O-])cc1)NC(C)c1ccc(OC)c(F)c1.I. The summed E-state index contributed by atoms with van der Waals surface area (Å²) in [5, 5.41) is 17.0. The highest BCUT2D eigenvalue weighted by molar-refractivity contribution is 14.0. The molecular formula is C20H24FIN4O3. The van der Waals surface area contributed by atoms with Crippen molar-refractivity contribution in [2.24, 2.45) is 4.99 Å². The molecule has 2 aromatic rings. The number of nitrogens with zero attached hydrogens (tertiary/aromatic N) is 2. The van der Waals surface area contributed by atoms with Crippen LogP contribution in [0.2, 0.25) is 0 Å². The van der Waals surface area contributed by atoms with Crippen LogP contribution in [0.1, 0.15) is 24.1 Å². The van der Waals surface area contributed by atoms with E-state index in [0.29, 0.717) is 19.0 Å². The second-order valence-corrected chi connectivity index (χ2v) is 6.02. The van der Waals surface area contributed by atoms with Crippen molar-refractivity contribution in [3.63, 3.8) is 0 Å². The first kappa shape index (κ1) is 24.3. The third-order valence-corrected chi connectivity index (χ3v) is 4.01. The molecule has 0 aliphatic rings. The number of nitrogens with one attached hydrogen (secondary N) is 2. The fraction of sp³-hybridized carbons (Fsp3) is 0.250. The van der Waals surface area contributed by atoms with Gasteiger partial charge in [-0.1, -0.05) is 24.3 Å². The maximum absolute atomic E-state index is 13.9. The van der Waals surface area contributed by atoms with Crippen molar-refractivity contribution in [3.8, 4) is 5.75 Å². The second-order valence-electron chi connectivity index (χ2n) is 6.02. The summed E-state index contributed by atoms with van der Waals surface area (Å²) >= 11 is 0. The van der Waals surface area contributed by atoms with Crippen LogP contribution >= 0.6 is 24.0 Å². The van der Waals surface area contributed by atoms with E-state index in [9.17, 15) is 14.5 Å². The van der Waals surface area contributed by atoms with E-state index in [-0.39, 0.29) is 41.5 Å². The zero-order valence-electron chi connectivity index (χ0n) is 16.2. The van der Waals surface area contributed by atoms with Crippen molar-refractivity contribution in [2.75, 3.05) is 13.7 Å². The van der Waals surface area contributed by atoms with Crippen molar-refractivity contribution in [3.05, 3.63) is 82.2 Å². The average molecular weight is 514 g/mol. The van der Waals surface area contributed by atoms with Gasteiger partial charge in [0.25, 0.3) is 5.69 Å². The Balaban J connectivity index is 0.00000420. The van der Waals surface area contributed by atoms with Gasteiger partial charge in [-0.25, -0.2) is 9.38 Å². The van der Waals surface area contributed by atoms with Gasteiger partial charge >= 0.3 is 0 Å². The van der Waals surface area contributed by atoms with Gasteiger partial charge in [0.1, 0.15) is 0 Å². The first-order chi connectivity index (χ1) is 13.4. The van der Waals surface area contributed by atoms with Crippen LogP contribution in [0.5, 0.6) is 5.75 Å². The summed E-state index contributed by atoms with van der Waals surface area (Å²) in [4.78, 5) is 14.8. The monoisotopic (exact) mass is 514 g/mol. The van der Waals surface area contributed by atoms with E-state index in [4.69, 9.17) is 4.74 Å². The Bertz CT molecular complexity index is 859. The van der Waals surface area contributed by atoms with Gasteiger partial charge in [-0.3, -0.25) is 10.1 Å². The van der Waals surface area contributed by atoms with Gasteiger partial charge in [-0.05, 0) is 30.2 Å². The van der Waals surface area contributed by atoms with Gasteiger partial charge in [-0.15, -0.1) is 30.6 Å². The van der Waals surface area contributed by atoms with Crippen LogP contribution in [-0.4, -0.2) is 24.5 Å². The summed E-state index contributed by atoms with van der Waals surface area (Å²) in [5.41, 5.74) is 1.60. The molecule has 0 aliphatic carbocycles. The minimum atomic E-state index is -0.443. The van der Waals surface area contributed by atoms with Gasteiger partial charge in [0, 0.05) is 18.7 Å². The molecule has 0 amide bonds. The number of guanidine groups is 1. The molecule has 1 unspecified atom stereocenters. The molecule has 0 spiro atoms. The molecular weight excluding hydrogens is 490 g/mol. The van der Waals surface area contributed by atoms with E-state index >= 15 is 0 Å². The lowest BCUT2D eigenvalue weighted by molar-refractivity contribution is -0.384. The highest BCUT2D eigenvalue weighted by Crippen LogP contribution is 2.21. The summed E-state index contributed by atoms with van der Waals surface area (Å²) in [6.07, 6.45) is 1.70. The van der Waals surface area contributed by atoms with Crippen LogP contribution in [0.4, 0.5) is 10.1 Å². The van der Waals surface area contributed by atoms with Crippen molar-refractivity contribution in [1.82, 2.24) is 10.6 Å². The van der Waals surface area contributed by atoms with E-state index in [0.717, 1.165) is 11.1 Å². The first-order valence-corrected chi connectivity index (χ1v) is 8.67. The minimum Gasteiger partial charge on any atom is -0.494 e. The molecule has 0 bridgehead atoms. The van der Waals surface area contributed by atoms with Gasteiger partial charge in [0.15, 0.2) is 17.5 Å². The van der Waals surface area contributed by atoms with Gasteiger partial charge in [0.2, 0.25) is 0 Å². The zero-order chi connectivity index (χ0) is 20.5. The predicted octanol–water partition coefficient (Wildman–Crippen LogP) is 4.34. The quantitative estimate of drug-likeness (QED) is 0.137. The van der Waals surface area contributed by atoms with Crippen molar-refractivity contribution in [2.45, 2.75) is 19.5 Å². The van der Waals surface area contributed by atoms with Crippen molar-refractivity contribution < 1.29 is 14.1 Å². The fourth-order valence-electron chi connectivity index (χ4n) is 2.46. The number of non-ortho nitro benzene ring substituents is 1. The fourth-order valence-corrected chi connectivity index (χ4v) is 2.46. The molecule has 0 aliphatic heterocycles. The number of rotatable bonds is 8. The van der Waals surface area contributed by atoms with E-state index < -0.39 is 10.7 Å². The third-order valence-electron chi connectivity index (χ3n) is 4.01. The number of hydrogen-bond acceptors (Lipinski definition) is 4. The molecule has 2 rings (SSSR count). The van der Waals surface area contributed by atoms with Gasteiger partial charge in [-0.2, -0.15) is 0 Å². The van der Waals surface area contributed by atoms with Crippen LogP contribution in [0.15, 0.2) is 60.1 Å². The van der Waals surface area contributed by atoms with Crippen LogP contribution in [-0.2, 0) is 6.54 Å². The second kappa shape index (κ2) is 12.0. The van der Waals surface area contributed by atoms with E-state index in [1.165, 1.54) is 25.3 Å². The maximum atomic E-state index is 13.9. The Kier molecular flexibility index (Phi) is 10.1. The van der Waals surface area contributed by atoms with Crippen LogP contribution in [0.25, 0.3) is 0 Å². The normalized spacial score (nSPS) is 11.8. The molecule has 9 heteroatoms. The largest absolute Gasteiger partial charge is 0.494 e. The molecule has 0 saturated heterocycles. The molecule has 7 nitrogen and oxygen atoms in total. The highest BCUT2D eigenvalue weighted by atomic mass is 127. The lowest BCUT2D eigenvalue weighted by Crippen LogP contribution is -2.38. The summed E-state index contributed by atoms with van der Waals surface area (Å²) in [6.45, 7) is 6.38. The van der Waals surface area contributed by atoms with E-state index in [2.05, 4.69) is 22.2 Å². The number of halogens is 2. The predicted molar refractivity (Wildman–Crippen MR) is 122 cm³/mol. The van der Waals surface area contributed by atoms with Gasteiger partial charge in [0.05, 0.1) is 24.6 Å². The molecule has 2 N–H and O–H groups in total. The molecule has 29 heavy (non-hydrogen) atoms. The molecule has 0 fully saturated rings. The Morgan fingerprint density at radius 3 is 2.59 bits per heavy atom. The molecule has 156 valence electrons. The Morgan fingerprint density at radius 1 is 1.34 bits per heavy atom. The lowest BCUT2D eigenvalue weighted by atomic mass is 10.1. The molecule has 0 radical (unpaired) electrons. The number of ether oxygens (including phenoxy) is 1. The number of aliphatic imine (C=N–C) groups is 1. The molecule has 0 aromatic heterocycles. The van der Waals surface area contributed by atoms with Gasteiger partial charge < -0.3 is 15.4 Å². The number of nitro benzene ring substituents is 1. The summed E-state index contributed by atoms with van der Waals surface area (Å²) in [5.74, 6) is 0.270. The van der Waals surface area contributed by atoms with Crippen LogP contribution < -0.4 is 15.4 Å². The summed E-state index contributed by atoms with van der Waals surface area (Å²) in [6, 6.07) is 10.8. The lowest BCUT2D eigenvalue weighted by Gasteiger charge is -2.19. The number of benzene rings is 2. The zero-order valence-corrected chi connectivity index (χ0v) is 18.6. The van der Waals surface area contributed by atoms with E-state index in [1.54, 1.807) is 30.3 Å². The molecule has 0 saturated carbocycles. The topological polar surface area (TPSA) is 88.8 Å². The number of methoxy groups -OCH3 is 1. The maximum Gasteiger partial charge on any atom is 0.269 e. The highest BCUT2D eigenvalue weighted by Gasteiger charge is 2.11. The molecule has 0 heterocycles. The summed E-state index contributed by atoms with van der Waals surface area (Å²) in [7, 11) is 1.42. The van der Waals surface area contributed by atoms with E-state index in [1.807, 2.05) is 6.92 Å². The Hall–Kier alpha value is -2.69. The number of hydrogen-bond donors (Lipinski definition) is 2. The van der Waals surface area contributed by atoms with Crippen molar-refractivity contribution >= 4 is 35.6 Å². The third kappa shape index (κ3) is 7.33. The summed E-state index contributed by atoms with van der Waals surface area (Å²) < 4.78 is 18.9. The Morgan fingerprint density at radius 2 is 2.03 bits per heavy atom. The van der Waals surface area contributed by atoms with Crippen LogP contribution in [0, 0.1) is 15.9 Å². The number of nitro groups is 1. The molecule has 1 atom stereocenters. The first-order valence-electron chi connectivity index (χ1n) is 8.67.